The summed E-state index contributed by atoms with van der Waals surface area (Å²) in [5.41, 5.74) is 5.08. The predicted octanol–water partition coefficient (Wildman–Crippen LogP) is 4.13. The summed E-state index contributed by atoms with van der Waals surface area (Å²) in [5, 5.41) is 7.58. The highest BCUT2D eigenvalue weighted by atomic mass is 16.5. The summed E-state index contributed by atoms with van der Waals surface area (Å²) < 4.78 is 12.6. The van der Waals surface area contributed by atoms with Crippen LogP contribution in [0.5, 0.6) is 11.5 Å². The van der Waals surface area contributed by atoms with Crippen LogP contribution in [0, 0.1) is 20.8 Å². The van der Waals surface area contributed by atoms with E-state index < -0.39 is 0 Å². The van der Waals surface area contributed by atoms with Gasteiger partial charge in [0.05, 0.1) is 37.8 Å². The fraction of sp³-hybridized carbons (Fsp3) is 0.273. The summed E-state index contributed by atoms with van der Waals surface area (Å²) in [7, 11) is 3.06. The van der Waals surface area contributed by atoms with Crippen molar-refractivity contribution in [1.82, 2.24) is 9.78 Å². The lowest BCUT2D eigenvalue weighted by Gasteiger charge is -2.13. The number of benzene rings is 2. The zero-order chi connectivity index (χ0) is 20.3. The van der Waals surface area contributed by atoms with Gasteiger partial charge in [-0.2, -0.15) is 5.10 Å². The van der Waals surface area contributed by atoms with E-state index in [4.69, 9.17) is 9.47 Å². The SMILES string of the molecule is COc1cccc(OC)c1C(=O)Nc1c(C)nn(Cc2ccc(C)cc2)c1C. The van der Waals surface area contributed by atoms with Gasteiger partial charge in [0.1, 0.15) is 17.1 Å². The molecule has 0 unspecified atom stereocenters. The van der Waals surface area contributed by atoms with Gasteiger partial charge in [-0.15, -0.1) is 0 Å². The maximum absolute atomic E-state index is 13.0. The Kier molecular flexibility index (Phi) is 5.68. The first kappa shape index (κ1) is 19.5. The Morgan fingerprint density at radius 2 is 1.61 bits per heavy atom. The smallest absolute Gasteiger partial charge is 0.263 e. The molecule has 28 heavy (non-hydrogen) atoms. The van der Waals surface area contributed by atoms with E-state index in [0.29, 0.717) is 29.3 Å². The predicted molar refractivity (Wildman–Crippen MR) is 109 cm³/mol. The fourth-order valence-corrected chi connectivity index (χ4v) is 3.15. The molecule has 0 saturated carbocycles. The van der Waals surface area contributed by atoms with Crippen molar-refractivity contribution in [3.63, 3.8) is 0 Å². The first-order valence-electron chi connectivity index (χ1n) is 9.06. The number of aromatic nitrogens is 2. The van der Waals surface area contributed by atoms with Crippen molar-refractivity contribution in [3.8, 4) is 11.5 Å². The van der Waals surface area contributed by atoms with E-state index in [9.17, 15) is 4.79 Å². The maximum Gasteiger partial charge on any atom is 0.263 e. The highest BCUT2D eigenvalue weighted by molar-refractivity contribution is 6.08. The number of carbonyl (C=O) groups is 1. The minimum Gasteiger partial charge on any atom is -0.496 e. The van der Waals surface area contributed by atoms with Crippen molar-refractivity contribution < 1.29 is 14.3 Å². The molecule has 0 bridgehead atoms. The Balaban J connectivity index is 1.88. The van der Waals surface area contributed by atoms with Crippen LogP contribution in [-0.2, 0) is 6.54 Å². The van der Waals surface area contributed by atoms with Gasteiger partial charge in [0, 0.05) is 0 Å². The van der Waals surface area contributed by atoms with Crippen molar-refractivity contribution in [2.45, 2.75) is 27.3 Å². The van der Waals surface area contributed by atoms with Crippen LogP contribution in [-0.4, -0.2) is 29.9 Å². The molecule has 1 amide bonds. The molecule has 3 rings (SSSR count). The molecular formula is C22H25N3O3. The molecule has 1 aromatic heterocycles. The summed E-state index contributed by atoms with van der Waals surface area (Å²) in [4.78, 5) is 13.0. The van der Waals surface area contributed by atoms with Crippen LogP contribution in [0.3, 0.4) is 0 Å². The summed E-state index contributed by atoms with van der Waals surface area (Å²) >= 11 is 0. The van der Waals surface area contributed by atoms with E-state index in [-0.39, 0.29) is 5.91 Å². The number of ether oxygens (including phenoxy) is 2. The Morgan fingerprint density at radius 1 is 1.00 bits per heavy atom. The highest BCUT2D eigenvalue weighted by Crippen LogP contribution is 2.30. The van der Waals surface area contributed by atoms with E-state index in [1.807, 2.05) is 18.5 Å². The summed E-state index contributed by atoms with van der Waals surface area (Å²) in [6.07, 6.45) is 0. The number of nitrogens with one attached hydrogen (secondary N) is 1. The number of aryl methyl sites for hydroxylation is 2. The number of hydrogen-bond donors (Lipinski definition) is 1. The van der Waals surface area contributed by atoms with Crippen molar-refractivity contribution in [2.24, 2.45) is 0 Å². The van der Waals surface area contributed by atoms with Crippen LogP contribution in [0.2, 0.25) is 0 Å². The molecule has 0 aliphatic heterocycles. The monoisotopic (exact) mass is 379 g/mol. The molecule has 6 nitrogen and oxygen atoms in total. The minimum atomic E-state index is -0.296. The van der Waals surface area contributed by atoms with Crippen molar-refractivity contribution >= 4 is 11.6 Å². The average Bonchev–Trinajstić information content (AvgIpc) is 2.96. The Morgan fingerprint density at radius 3 is 2.18 bits per heavy atom. The summed E-state index contributed by atoms with van der Waals surface area (Å²) in [6, 6.07) is 13.6. The largest absolute Gasteiger partial charge is 0.496 e. The fourth-order valence-electron chi connectivity index (χ4n) is 3.15. The van der Waals surface area contributed by atoms with Gasteiger partial charge in [0.25, 0.3) is 5.91 Å². The van der Waals surface area contributed by atoms with E-state index in [1.54, 1.807) is 18.2 Å². The van der Waals surface area contributed by atoms with E-state index in [1.165, 1.54) is 19.8 Å². The molecule has 0 spiro atoms. The first-order chi connectivity index (χ1) is 13.4. The second-order valence-electron chi connectivity index (χ2n) is 6.68. The highest BCUT2D eigenvalue weighted by Gasteiger charge is 2.21. The zero-order valence-electron chi connectivity index (χ0n) is 16.9. The van der Waals surface area contributed by atoms with Crippen LogP contribution >= 0.6 is 0 Å². The molecule has 3 aromatic rings. The lowest BCUT2D eigenvalue weighted by Crippen LogP contribution is -2.15. The number of anilines is 1. The van der Waals surface area contributed by atoms with Crippen molar-refractivity contribution in [3.05, 3.63) is 70.5 Å². The molecule has 0 atom stereocenters. The molecule has 1 N–H and O–H groups in total. The third-order valence-electron chi connectivity index (χ3n) is 4.73. The molecule has 6 heteroatoms. The minimum absolute atomic E-state index is 0.296. The Hall–Kier alpha value is -3.28. The van der Waals surface area contributed by atoms with Crippen LogP contribution in [0.1, 0.15) is 32.9 Å². The standard InChI is InChI=1S/C22H25N3O3/c1-14-9-11-17(12-10-14)13-25-16(3)21(15(2)24-25)23-22(26)20-18(27-4)7-6-8-19(20)28-5/h6-12H,13H2,1-5H3,(H,23,26). The number of nitrogens with zero attached hydrogens (tertiary/aromatic N) is 2. The van der Waals surface area contributed by atoms with Gasteiger partial charge >= 0.3 is 0 Å². The quantitative estimate of drug-likeness (QED) is 0.699. The third kappa shape index (κ3) is 3.86. The topological polar surface area (TPSA) is 65.4 Å². The lowest BCUT2D eigenvalue weighted by atomic mass is 10.1. The number of amides is 1. The van der Waals surface area contributed by atoms with Gasteiger partial charge in [-0.1, -0.05) is 35.9 Å². The first-order valence-corrected chi connectivity index (χ1v) is 9.06. The normalized spacial score (nSPS) is 10.6. The van der Waals surface area contributed by atoms with Crippen LogP contribution in [0.4, 0.5) is 5.69 Å². The summed E-state index contributed by atoms with van der Waals surface area (Å²) in [5.74, 6) is 0.619. The van der Waals surface area contributed by atoms with E-state index in [0.717, 1.165) is 17.0 Å². The molecule has 0 saturated heterocycles. The van der Waals surface area contributed by atoms with Crippen molar-refractivity contribution in [2.75, 3.05) is 19.5 Å². The molecule has 1 heterocycles. The number of methoxy groups -OCH3 is 2. The second kappa shape index (κ2) is 8.17. The molecule has 146 valence electrons. The van der Waals surface area contributed by atoms with Crippen LogP contribution in [0.25, 0.3) is 0 Å². The van der Waals surface area contributed by atoms with Gasteiger partial charge in [-0.25, -0.2) is 0 Å². The number of carbonyl (C=O) groups excluding carboxylic acids is 1. The molecule has 2 aromatic carbocycles. The van der Waals surface area contributed by atoms with Crippen LogP contribution in [0.15, 0.2) is 42.5 Å². The second-order valence-corrected chi connectivity index (χ2v) is 6.68. The van der Waals surface area contributed by atoms with Gasteiger partial charge in [-0.3, -0.25) is 9.48 Å². The molecule has 0 radical (unpaired) electrons. The van der Waals surface area contributed by atoms with Gasteiger partial charge < -0.3 is 14.8 Å². The van der Waals surface area contributed by atoms with Gasteiger partial charge in [0.15, 0.2) is 0 Å². The van der Waals surface area contributed by atoms with E-state index in [2.05, 4.69) is 41.6 Å². The lowest BCUT2D eigenvalue weighted by molar-refractivity contribution is 0.102. The van der Waals surface area contributed by atoms with Crippen LogP contribution < -0.4 is 14.8 Å². The number of rotatable bonds is 6. The molecule has 0 aliphatic carbocycles. The average molecular weight is 379 g/mol. The summed E-state index contributed by atoms with van der Waals surface area (Å²) in [6.45, 7) is 6.53. The van der Waals surface area contributed by atoms with Crippen molar-refractivity contribution in [1.29, 1.82) is 0 Å². The molecular weight excluding hydrogens is 354 g/mol. The van der Waals surface area contributed by atoms with Gasteiger partial charge in [-0.05, 0) is 38.5 Å². The molecule has 0 aliphatic rings. The zero-order valence-corrected chi connectivity index (χ0v) is 16.9. The van der Waals surface area contributed by atoms with Gasteiger partial charge in [0.2, 0.25) is 0 Å². The number of hydrogen-bond acceptors (Lipinski definition) is 4. The molecule has 0 fully saturated rings. The third-order valence-corrected chi connectivity index (χ3v) is 4.73. The Labute approximate surface area is 165 Å². The maximum atomic E-state index is 13.0. The van der Waals surface area contributed by atoms with E-state index >= 15 is 0 Å². The Bertz CT molecular complexity index is 969.